The van der Waals surface area contributed by atoms with Crippen molar-refractivity contribution in [2.75, 3.05) is 0 Å². The molecule has 1 N–H and O–H groups in total. The van der Waals surface area contributed by atoms with Gasteiger partial charge in [0.1, 0.15) is 10.4 Å². The normalized spacial score (nSPS) is 11.2. The van der Waals surface area contributed by atoms with E-state index in [2.05, 4.69) is 15.1 Å². The van der Waals surface area contributed by atoms with Crippen LogP contribution < -0.4 is 5.56 Å². The molecule has 0 amide bonds. The van der Waals surface area contributed by atoms with E-state index in [1.807, 2.05) is 25.4 Å². The summed E-state index contributed by atoms with van der Waals surface area (Å²) in [7, 11) is 1.83. The van der Waals surface area contributed by atoms with Crippen molar-refractivity contribution in [2.24, 2.45) is 7.05 Å². The molecule has 5 nitrogen and oxygen atoms in total. The number of H-pyrrole nitrogens is 1. The molecule has 0 spiro atoms. The van der Waals surface area contributed by atoms with Gasteiger partial charge in [0.05, 0.1) is 11.7 Å². The van der Waals surface area contributed by atoms with E-state index in [1.54, 1.807) is 10.9 Å². The summed E-state index contributed by atoms with van der Waals surface area (Å²) >= 11 is 1.40. The first kappa shape index (κ1) is 10.2. The van der Waals surface area contributed by atoms with Gasteiger partial charge in [0.2, 0.25) is 0 Å². The van der Waals surface area contributed by atoms with E-state index in [4.69, 9.17) is 0 Å². The fourth-order valence-corrected chi connectivity index (χ4v) is 2.60. The van der Waals surface area contributed by atoms with Gasteiger partial charge in [0.15, 0.2) is 5.82 Å². The van der Waals surface area contributed by atoms with Gasteiger partial charge in [-0.15, -0.1) is 11.3 Å². The second kappa shape index (κ2) is 3.53. The molecule has 0 aliphatic carbocycles. The molecule has 3 aromatic rings. The maximum Gasteiger partial charge on any atom is 0.269 e. The van der Waals surface area contributed by atoms with Crippen molar-refractivity contribution in [1.29, 1.82) is 0 Å². The van der Waals surface area contributed by atoms with Crippen LogP contribution in [-0.4, -0.2) is 19.7 Å². The second-order valence-electron chi connectivity index (χ2n) is 3.85. The number of thiophene rings is 1. The molecule has 86 valence electrons. The van der Waals surface area contributed by atoms with Gasteiger partial charge in [-0.3, -0.25) is 9.48 Å². The SMILES string of the molecule is Cc1cnn(C)c1-c1nc2ccsc2c(=O)[nH]1. The third kappa shape index (κ3) is 1.49. The number of fused-ring (bicyclic) bond motifs is 1. The van der Waals surface area contributed by atoms with Crippen molar-refractivity contribution >= 4 is 21.6 Å². The van der Waals surface area contributed by atoms with E-state index in [1.165, 1.54) is 11.3 Å². The Bertz CT molecular complexity index is 733. The molecule has 0 unspecified atom stereocenters. The third-order valence-corrected chi connectivity index (χ3v) is 3.56. The number of aromatic amines is 1. The molecule has 0 fully saturated rings. The Morgan fingerprint density at radius 1 is 1.47 bits per heavy atom. The van der Waals surface area contributed by atoms with Crippen molar-refractivity contribution in [1.82, 2.24) is 19.7 Å². The number of nitrogens with zero attached hydrogens (tertiary/aromatic N) is 3. The molecule has 0 atom stereocenters. The molecule has 3 rings (SSSR count). The number of hydrogen-bond donors (Lipinski definition) is 1. The van der Waals surface area contributed by atoms with Gasteiger partial charge in [0.25, 0.3) is 5.56 Å². The molecule has 3 aromatic heterocycles. The van der Waals surface area contributed by atoms with E-state index in [0.717, 1.165) is 16.8 Å². The highest BCUT2D eigenvalue weighted by Gasteiger charge is 2.12. The first-order valence-electron chi connectivity index (χ1n) is 5.13. The molecule has 0 bridgehead atoms. The van der Waals surface area contributed by atoms with Crippen LogP contribution in [0.5, 0.6) is 0 Å². The van der Waals surface area contributed by atoms with Crippen LogP contribution in [0.2, 0.25) is 0 Å². The van der Waals surface area contributed by atoms with Crippen molar-refractivity contribution < 1.29 is 0 Å². The highest BCUT2D eigenvalue weighted by atomic mass is 32.1. The fourth-order valence-electron chi connectivity index (χ4n) is 1.87. The fraction of sp³-hybridized carbons (Fsp3) is 0.182. The smallest absolute Gasteiger partial charge is 0.269 e. The largest absolute Gasteiger partial charge is 0.304 e. The van der Waals surface area contributed by atoms with Crippen LogP contribution in [0.3, 0.4) is 0 Å². The lowest BCUT2D eigenvalue weighted by atomic mass is 10.2. The quantitative estimate of drug-likeness (QED) is 0.710. The Morgan fingerprint density at radius 3 is 3.00 bits per heavy atom. The minimum absolute atomic E-state index is 0.0967. The van der Waals surface area contributed by atoms with Crippen LogP contribution in [-0.2, 0) is 7.05 Å². The lowest BCUT2D eigenvalue weighted by molar-refractivity contribution is 0.770. The van der Waals surface area contributed by atoms with Crippen molar-refractivity contribution in [3.8, 4) is 11.5 Å². The number of rotatable bonds is 1. The van der Waals surface area contributed by atoms with Gasteiger partial charge in [-0.2, -0.15) is 5.10 Å². The van der Waals surface area contributed by atoms with Crippen LogP contribution in [0, 0.1) is 6.92 Å². The molecular weight excluding hydrogens is 236 g/mol. The predicted octanol–water partition coefficient (Wildman–Crippen LogP) is 1.69. The standard InChI is InChI=1S/C11H10N4OS/c1-6-5-12-15(2)8(6)10-13-7-3-4-17-9(7)11(16)14-10/h3-5H,1-2H3,(H,13,14,16). The molecule has 3 heterocycles. The zero-order chi connectivity index (χ0) is 12.0. The predicted molar refractivity (Wildman–Crippen MR) is 67.2 cm³/mol. The van der Waals surface area contributed by atoms with Crippen molar-refractivity contribution in [2.45, 2.75) is 6.92 Å². The van der Waals surface area contributed by atoms with Gasteiger partial charge in [0, 0.05) is 7.05 Å². The van der Waals surface area contributed by atoms with Crippen LogP contribution in [0.25, 0.3) is 21.7 Å². The summed E-state index contributed by atoms with van der Waals surface area (Å²) in [6, 6.07) is 1.85. The zero-order valence-electron chi connectivity index (χ0n) is 9.39. The molecule has 17 heavy (non-hydrogen) atoms. The molecule has 0 saturated heterocycles. The van der Waals surface area contributed by atoms with E-state index in [-0.39, 0.29) is 5.56 Å². The summed E-state index contributed by atoms with van der Waals surface area (Å²) in [5.74, 6) is 0.568. The molecular formula is C11H10N4OS. The van der Waals surface area contributed by atoms with Gasteiger partial charge < -0.3 is 4.98 Å². The first-order valence-corrected chi connectivity index (χ1v) is 6.01. The summed E-state index contributed by atoms with van der Waals surface area (Å²) < 4.78 is 2.37. The van der Waals surface area contributed by atoms with Gasteiger partial charge in [-0.1, -0.05) is 0 Å². The molecule has 0 radical (unpaired) electrons. The van der Waals surface area contributed by atoms with Crippen LogP contribution in [0.15, 0.2) is 22.4 Å². The average Bonchev–Trinajstić information content (AvgIpc) is 2.86. The van der Waals surface area contributed by atoms with Crippen LogP contribution in [0.4, 0.5) is 0 Å². The minimum atomic E-state index is -0.0967. The van der Waals surface area contributed by atoms with Crippen LogP contribution in [0.1, 0.15) is 5.56 Å². The molecule has 0 aliphatic heterocycles. The lowest BCUT2D eigenvalue weighted by Crippen LogP contribution is -2.09. The topological polar surface area (TPSA) is 63.6 Å². The van der Waals surface area contributed by atoms with E-state index >= 15 is 0 Å². The molecule has 0 aromatic carbocycles. The molecule has 0 aliphatic rings. The Kier molecular flexibility index (Phi) is 2.12. The van der Waals surface area contributed by atoms with Gasteiger partial charge in [-0.25, -0.2) is 4.98 Å². The molecule has 0 saturated carbocycles. The average molecular weight is 246 g/mol. The Balaban J connectivity index is 2.35. The highest BCUT2D eigenvalue weighted by molar-refractivity contribution is 7.17. The summed E-state index contributed by atoms with van der Waals surface area (Å²) in [6.45, 7) is 1.94. The number of hydrogen-bond acceptors (Lipinski definition) is 4. The summed E-state index contributed by atoms with van der Waals surface area (Å²) in [4.78, 5) is 19.1. The summed E-state index contributed by atoms with van der Waals surface area (Å²) in [5.41, 5.74) is 2.47. The Labute approximate surface area is 101 Å². The van der Waals surface area contributed by atoms with Gasteiger partial charge >= 0.3 is 0 Å². The Hall–Kier alpha value is -1.95. The summed E-state index contributed by atoms with van der Waals surface area (Å²) in [6.07, 6.45) is 1.76. The third-order valence-electron chi connectivity index (χ3n) is 2.66. The van der Waals surface area contributed by atoms with Crippen LogP contribution >= 0.6 is 11.3 Å². The van der Waals surface area contributed by atoms with E-state index in [9.17, 15) is 4.79 Å². The van der Waals surface area contributed by atoms with Crippen molar-refractivity contribution in [3.05, 3.63) is 33.6 Å². The maximum absolute atomic E-state index is 11.9. The number of aryl methyl sites for hydroxylation is 2. The second-order valence-corrected chi connectivity index (χ2v) is 4.77. The number of nitrogens with one attached hydrogen (secondary N) is 1. The van der Waals surface area contributed by atoms with Crippen molar-refractivity contribution in [3.63, 3.8) is 0 Å². The number of aromatic nitrogens is 4. The minimum Gasteiger partial charge on any atom is -0.304 e. The zero-order valence-corrected chi connectivity index (χ0v) is 10.2. The van der Waals surface area contributed by atoms with E-state index < -0.39 is 0 Å². The monoisotopic (exact) mass is 246 g/mol. The maximum atomic E-state index is 11.9. The highest BCUT2D eigenvalue weighted by Crippen LogP contribution is 2.21. The first-order chi connectivity index (χ1) is 8.16. The Morgan fingerprint density at radius 2 is 2.29 bits per heavy atom. The van der Waals surface area contributed by atoms with Gasteiger partial charge in [-0.05, 0) is 23.9 Å². The van der Waals surface area contributed by atoms with E-state index in [0.29, 0.717) is 10.5 Å². The molecule has 6 heteroatoms. The lowest BCUT2D eigenvalue weighted by Gasteiger charge is -2.02. The summed E-state index contributed by atoms with van der Waals surface area (Å²) in [5, 5.41) is 6.01.